The van der Waals surface area contributed by atoms with Crippen molar-refractivity contribution in [2.45, 2.75) is 20.4 Å². The van der Waals surface area contributed by atoms with E-state index in [0.717, 1.165) is 17.0 Å². The van der Waals surface area contributed by atoms with Gasteiger partial charge in [0.2, 0.25) is 0 Å². The molecule has 0 unspecified atom stereocenters. The Morgan fingerprint density at radius 3 is 2.36 bits per heavy atom. The van der Waals surface area contributed by atoms with Gasteiger partial charge in [-0.2, -0.15) is 5.10 Å². The number of nitrogens with zero attached hydrogens (tertiary/aromatic N) is 2. The molecule has 6 nitrogen and oxygen atoms in total. The number of anilines is 1. The molecule has 7 heteroatoms. The van der Waals surface area contributed by atoms with Crippen LogP contribution in [0.2, 0.25) is 5.02 Å². The van der Waals surface area contributed by atoms with Crippen molar-refractivity contribution in [2.24, 2.45) is 0 Å². The van der Waals surface area contributed by atoms with E-state index in [1.165, 1.54) is 14.2 Å². The quantitative estimate of drug-likeness (QED) is 0.664. The van der Waals surface area contributed by atoms with Gasteiger partial charge in [0.25, 0.3) is 5.91 Å². The van der Waals surface area contributed by atoms with Crippen LogP contribution in [-0.2, 0) is 6.54 Å². The van der Waals surface area contributed by atoms with Crippen molar-refractivity contribution in [3.8, 4) is 11.5 Å². The molecule has 0 aliphatic rings. The standard InChI is InChI=1S/C21H22ClN3O3/c1-13-20(14(2)25(24-13)12-15-7-5-8-16(22)11-15)23-21(26)19-17(27-3)9-6-10-18(19)28-4/h5-11H,12H2,1-4H3,(H,23,26). The van der Waals surface area contributed by atoms with Crippen LogP contribution in [-0.4, -0.2) is 29.9 Å². The third kappa shape index (κ3) is 3.97. The number of carbonyl (C=O) groups excluding carboxylic acids is 1. The van der Waals surface area contributed by atoms with Gasteiger partial charge in [0.1, 0.15) is 17.1 Å². The maximum Gasteiger partial charge on any atom is 0.263 e. The highest BCUT2D eigenvalue weighted by Gasteiger charge is 2.21. The fourth-order valence-corrected chi connectivity index (χ4v) is 3.30. The molecule has 0 aliphatic carbocycles. The van der Waals surface area contributed by atoms with E-state index in [2.05, 4.69) is 10.4 Å². The van der Waals surface area contributed by atoms with Crippen molar-refractivity contribution in [3.63, 3.8) is 0 Å². The lowest BCUT2D eigenvalue weighted by molar-refractivity contribution is 0.102. The average Bonchev–Trinajstić information content (AvgIpc) is 2.94. The Labute approximate surface area is 169 Å². The molecule has 2 aromatic carbocycles. The number of ether oxygens (including phenoxy) is 2. The van der Waals surface area contributed by atoms with Crippen molar-refractivity contribution >= 4 is 23.2 Å². The zero-order valence-corrected chi connectivity index (χ0v) is 17.0. The molecule has 1 heterocycles. The molecule has 0 atom stereocenters. The lowest BCUT2D eigenvalue weighted by atomic mass is 10.1. The van der Waals surface area contributed by atoms with Crippen molar-refractivity contribution < 1.29 is 14.3 Å². The number of nitrogens with one attached hydrogen (secondary N) is 1. The number of methoxy groups -OCH3 is 2. The minimum Gasteiger partial charge on any atom is -0.496 e. The molecule has 1 amide bonds. The van der Waals surface area contributed by atoms with Crippen LogP contribution in [0, 0.1) is 13.8 Å². The molecule has 146 valence electrons. The summed E-state index contributed by atoms with van der Waals surface area (Å²) < 4.78 is 12.5. The zero-order valence-electron chi connectivity index (χ0n) is 16.2. The summed E-state index contributed by atoms with van der Waals surface area (Å²) in [6.45, 7) is 4.33. The number of carbonyl (C=O) groups is 1. The lowest BCUT2D eigenvalue weighted by Crippen LogP contribution is -2.15. The molecule has 0 spiro atoms. The average molecular weight is 400 g/mol. The number of hydrogen-bond donors (Lipinski definition) is 1. The van der Waals surface area contributed by atoms with Gasteiger partial charge in [0.15, 0.2) is 0 Å². The van der Waals surface area contributed by atoms with Gasteiger partial charge in [-0.3, -0.25) is 9.48 Å². The molecular formula is C21H22ClN3O3. The third-order valence-electron chi connectivity index (χ3n) is 4.50. The van der Waals surface area contributed by atoms with Crippen LogP contribution in [0.15, 0.2) is 42.5 Å². The van der Waals surface area contributed by atoms with Gasteiger partial charge in [0, 0.05) is 5.02 Å². The highest BCUT2D eigenvalue weighted by atomic mass is 35.5. The van der Waals surface area contributed by atoms with E-state index in [0.29, 0.717) is 34.3 Å². The molecule has 0 bridgehead atoms. The predicted molar refractivity (Wildman–Crippen MR) is 110 cm³/mol. The summed E-state index contributed by atoms with van der Waals surface area (Å²) in [6, 6.07) is 12.8. The van der Waals surface area contributed by atoms with Gasteiger partial charge in [-0.1, -0.05) is 29.8 Å². The summed E-state index contributed by atoms with van der Waals surface area (Å²) in [4.78, 5) is 13.0. The molecule has 0 fully saturated rings. The van der Waals surface area contributed by atoms with E-state index in [1.807, 2.05) is 42.8 Å². The summed E-state index contributed by atoms with van der Waals surface area (Å²) in [6.07, 6.45) is 0. The minimum absolute atomic E-state index is 0.317. The van der Waals surface area contributed by atoms with Crippen molar-refractivity contribution in [1.29, 1.82) is 0 Å². The predicted octanol–water partition coefficient (Wildman–Crippen LogP) is 4.47. The Morgan fingerprint density at radius 2 is 1.75 bits per heavy atom. The molecule has 0 saturated carbocycles. The van der Waals surface area contributed by atoms with E-state index in [4.69, 9.17) is 21.1 Å². The third-order valence-corrected chi connectivity index (χ3v) is 4.73. The highest BCUT2D eigenvalue weighted by molar-refractivity contribution is 6.30. The molecule has 0 saturated heterocycles. The Kier molecular flexibility index (Phi) is 5.90. The number of aryl methyl sites for hydroxylation is 1. The monoisotopic (exact) mass is 399 g/mol. The van der Waals surface area contributed by atoms with Gasteiger partial charge in [-0.25, -0.2) is 0 Å². The molecule has 0 radical (unpaired) electrons. The zero-order chi connectivity index (χ0) is 20.3. The molecule has 28 heavy (non-hydrogen) atoms. The lowest BCUT2D eigenvalue weighted by Gasteiger charge is -2.13. The van der Waals surface area contributed by atoms with Gasteiger partial charge < -0.3 is 14.8 Å². The fraction of sp³-hybridized carbons (Fsp3) is 0.238. The van der Waals surface area contributed by atoms with Crippen molar-refractivity contribution in [2.75, 3.05) is 19.5 Å². The van der Waals surface area contributed by atoms with Gasteiger partial charge in [-0.05, 0) is 43.7 Å². The Balaban J connectivity index is 1.90. The first-order valence-electron chi connectivity index (χ1n) is 8.75. The molecule has 3 aromatic rings. The largest absolute Gasteiger partial charge is 0.496 e. The second-order valence-electron chi connectivity index (χ2n) is 6.33. The summed E-state index contributed by atoms with van der Waals surface area (Å²) in [5.74, 6) is 0.569. The number of amides is 1. The summed E-state index contributed by atoms with van der Waals surface area (Å²) in [7, 11) is 3.04. The Bertz CT molecular complexity index is 992. The van der Waals surface area contributed by atoms with Crippen LogP contribution in [0.5, 0.6) is 11.5 Å². The van der Waals surface area contributed by atoms with Gasteiger partial charge in [0.05, 0.1) is 37.8 Å². The maximum absolute atomic E-state index is 13.0. The Hall–Kier alpha value is -2.99. The molecule has 1 aromatic heterocycles. The second kappa shape index (κ2) is 8.35. The van der Waals surface area contributed by atoms with Crippen LogP contribution < -0.4 is 14.8 Å². The number of hydrogen-bond acceptors (Lipinski definition) is 4. The van der Waals surface area contributed by atoms with Crippen LogP contribution in [0.3, 0.4) is 0 Å². The SMILES string of the molecule is COc1cccc(OC)c1C(=O)Nc1c(C)nn(Cc2cccc(Cl)c2)c1C. The molecule has 0 aliphatic heterocycles. The summed E-state index contributed by atoms with van der Waals surface area (Å²) in [5.41, 5.74) is 3.61. The summed E-state index contributed by atoms with van der Waals surface area (Å²) >= 11 is 6.07. The fourth-order valence-electron chi connectivity index (χ4n) is 3.09. The minimum atomic E-state index is -0.317. The van der Waals surface area contributed by atoms with Gasteiger partial charge >= 0.3 is 0 Å². The van der Waals surface area contributed by atoms with Gasteiger partial charge in [-0.15, -0.1) is 0 Å². The summed E-state index contributed by atoms with van der Waals surface area (Å²) in [5, 5.41) is 8.19. The topological polar surface area (TPSA) is 65.4 Å². The van der Waals surface area contributed by atoms with E-state index in [9.17, 15) is 4.79 Å². The second-order valence-corrected chi connectivity index (χ2v) is 6.76. The van der Waals surface area contributed by atoms with E-state index >= 15 is 0 Å². The van der Waals surface area contributed by atoms with E-state index < -0.39 is 0 Å². The first-order valence-corrected chi connectivity index (χ1v) is 9.13. The first-order chi connectivity index (χ1) is 13.4. The highest BCUT2D eigenvalue weighted by Crippen LogP contribution is 2.30. The van der Waals surface area contributed by atoms with Crippen LogP contribution in [0.25, 0.3) is 0 Å². The number of benzene rings is 2. The van der Waals surface area contributed by atoms with Crippen molar-refractivity contribution in [3.05, 3.63) is 70.0 Å². The van der Waals surface area contributed by atoms with Crippen LogP contribution in [0.4, 0.5) is 5.69 Å². The van der Waals surface area contributed by atoms with E-state index in [1.54, 1.807) is 18.2 Å². The molecular weight excluding hydrogens is 378 g/mol. The maximum atomic E-state index is 13.0. The Morgan fingerprint density at radius 1 is 1.11 bits per heavy atom. The number of aromatic nitrogens is 2. The number of rotatable bonds is 6. The molecule has 3 rings (SSSR count). The van der Waals surface area contributed by atoms with Crippen molar-refractivity contribution in [1.82, 2.24) is 9.78 Å². The smallest absolute Gasteiger partial charge is 0.263 e. The normalized spacial score (nSPS) is 10.6. The van der Waals surface area contributed by atoms with E-state index in [-0.39, 0.29) is 5.91 Å². The number of halogens is 1. The van der Waals surface area contributed by atoms with Crippen LogP contribution in [0.1, 0.15) is 27.3 Å². The molecule has 1 N–H and O–H groups in total. The van der Waals surface area contributed by atoms with Crippen LogP contribution >= 0.6 is 11.6 Å². The first kappa shape index (κ1) is 19.8.